The molecule has 2 rings (SSSR count). The lowest BCUT2D eigenvalue weighted by Crippen LogP contribution is -2.46. The predicted octanol–water partition coefficient (Wildman–Crippen LogP) is 1.85. The van der Waals surface area contributed by atoms with Crippen molar-refractivity contribution in [1.29, 1.82) is 0 Å². The second-order valence-electron chi connectivity index (χ2n) is 5.43. The summed E-state index contributed by atoms with van der Waals surface area (Å²) in [7, 11) is 3.85. The molecule has 1 atom stereocenters. The van der Waals surface area contributed by atoms with Gasteiger partial charge < -0.3 is 9.47 Å². The van der Waals surface area contributed by atoms with Gasteiger partial charge in [-0.1, -0.05) is 19.1 Å². The van der Waals surface area contributed by atoms with Crippen molar-refractivity contribution < 1.29 is 9.47 Å². The minimum absolute atomic E-state index is 0.326. The third kappa shape index (κ3) is 4.47. The van der Waals surface area contributed by atoms with Gasteiger partial charge in [-0.25, -0.2) is 0 Å². The molecule has 0 amide bonds. The zero-order chi connectivity index (χ0) is 14.4. The molecule has 4 heteroatoms. The van der Waals surface area contributed by atoms with Crippen LogP contribution in [0.25, 0.3) is 0 Å². The Hall–Kier alpha value is -1.10. The van der Waals surface area contributed by atoms with Gasteiger partial charge in [-0.05, 0) is 31.3 Å². The summed E-state index contributed by atoms with van der Waals surface area (Å²) >= 11 is 0. The highest BCUT2D eigenvalue weighted by molar-refractivity contribution is 5.27. The summed E-state index contributed by atoms with van der Waals surface area (Å²) in [5.74, 6) is 0.908. The smallest absolute Gasteiger partial charge is 0.118 e. The van der Waals surface area contributed by atoms with E-state index in [4.69, 9.17) is 9.47 Å². The van der Waals surface area contributed by atoms with Crippen molar-refractivity contribution in [1.82, 2.24) is 9.80 Å². The van der Waals surface area contributed by atoms with Gasteiger partial charge in [0.1, 0.15) is 5.75 Å². The summed E-state index contributed by atoms with van der Waals surface area (Å²) in [4.78, 5) is 4.78. The third-order valence-corrected chi connectivity index (χ3v) is 3.80. The van der Waals surface area contributed by atoms with Crippen LogP contribution in [-0.2, 0) is 11.3 Å². The van der Waals surface area contributed by atoms with E-state index in [1.165, 1.54) is 5.56 Å². The fraction of sp³-hybridized carbons (Fsp3) is 0.625. The first-order chi connectivity index (χ1) is 9.71. The van der Waals surface area contributed by atoms with Crippen molar-refractivity contribution in [2.24, 2.45) is 0 Å². The molecule has 0 radical (unpaired) electrons. The maximum atomic E-state index is 5.85. The first-order valence-electron chi connectivity index (χ1n) is 7.36. The van der Waals surface area contributed by atoms with E-state index in [9.17, 15) is 0 Å². The van der Waals surface area contributed by atoms with Crippen LogP contribution in [0.1, 0.15) is 12.5 Å². The van der Waals surface area contributed by atoms with Crippen molar-refractivity contribution >= 4 is 0 Å². The lowest BCUT2D eigenvalue weighted by molar-refractivity contribution is -0.0397. The molecule has 112 valence electrons. The van der Waals surface area contributed by atoms with E-state index in [-0.39, 0.29) is 0 Å². The minimum Gasteiger partial charge on any atom is -0.497 e. The molecule has 0 spiro atoms. The van der Waals surface area contributed by atoms with Crippen LogP contribution >= 0.6 is 0 Å². The molecule has 0 N–H and O–H groups in total. The maximum Gasteiger partial charge on any atom is 0.118 e. The average Bonchev–Trinajstić information content (AvgIpc) is 2.48. The molecule has 1 aliphatic heterocycles. The quantitative estimate of drug-likeness (QED) is 0.793. The van der Waals surface area contributed by atoms with Crippen LogP contribution in [0.4, 0.5) is 0 Å². The predicted molar refractivity (Wildman–Crippen MR) is 81.2 cm³/mol. The fourth-order valence-electron chi connectivity index (χ4n) is 2.63. The molecule has 1 saturated heterocycles. The summed E-state index contributed by atoms with van der Waals surface area (Å²) in [6.45, 7) is 8.21. The van der Waals surface area contributed by atoms with Gasteiger partial charge in [-0.15, -0.1) is 0 Å². The molecule has 1 fully saturated rings. The van der Waals surface area contributed by atoms with Crippen LogP contribution in [0.3, 0.4) is 0 Å². The molecule has 0 aliphatic carbocycles. The summed E-state index contributed by atoms with van der Waals surface area (Å²) in [6, 6.07) is 8.27. The van der Waals surface area contributed by atoms with Crippen LogP contribution in [-0.4, -0.2) is 62.8 Å². The van der Waals surface area contributed by atoms with Gasteiger partial charge >= 0.3 is 0 Å². The molecule has 0 unspecified atom stereocenters. The fourth-order valence-corrected chi connectivity index (χ4v) is 2.63. The number of hydrogen-bond acceptors (Lipinski definition) is 4. The Morgan fingerprint density at radius 1 is 1.35 bits per heavy atom. The summed E-state index contributed by atoms with van der Waals surface area (Å²) in [5.41, 5.74) is 1.30. The Labute approximate surface area is 122 Å². The maximum absolute atomic E-state index is 5.85. The standard InChI is InChI=1S/C16H26N2O2/c1-4-18-9-10-20-16(13-18)12-17(2)11-14-5-7-15(19-3)8-6-14/h5-8,16H,4,9-13H2,1-3H3/t16-/m0/s1. The Morgan fingerprint density at radius 2 is 2.10 bits per heavy atom. The highest BCUT2D eigenvalue weighted by Gasteiger charge is 2.20. The Kier molecular flexibility index (Phi) is 5.83. The normalized spacial score (nSPS) is 20.3. The van der Waals surface area contributed by atoms with E-state index in [2.05, 4.69) is 35.9 Å². The summed E-state index contributed by atoms with van der Waals surface area (Å²) in [5, 5.41) is 0. The van der Waals surface area contributed by atoms with Gasteiger partial charge in [0.15, 0.2) is 0 Å². The van der Waals surface area contributed by atoms with Gasteiger partial charge in [0, 0.05) is 26.2 Å². The van der Waals surface area contributed by atoms with Crippen LogP contribution in [0.5, 0.6) is 5.75 Å². The number of benzene rings is 1. The largest absolute Gasteiger partial charge is 0.497 e. The van der Waals surface area contributed by atoms with Crippen molar-refractivity contribution in [2.75, 3.05) is 46.9 Å². The second kappa shape index (κ2) is 7.62. The Bertz CT molecular complexity index is 394. The number of hydrogen-bond donors (Lipinski definition) is 0. The first-order valence-corrected chi connectivity index (χ1v) is 7.36. The van der Waals surface area contributed by atoms with E-state index < -0.39 is 0 Å². The van der Waals surface area contributed by atoms with Gasteiger partial charge in [0.25, 0.3) is 0 Å². The SMILES string of the molecule is CCN1CCO[C@@H](CN(C)Cc2ccc(OC)cc2)C1. The molecule has 0 saturated carbocycles. The molecular formula is C16H26N2O2. The lowest BCUT2D eigenvalue weighted by Gasteiger charge is -2.34. The second-order valence-corrected chi connectivity index (χ2v) is 5.43. The molecule has 0 aromatic heterocycles. The molecule has 0 bridgehead atoms. The number of likely N-dealkylation sites (N-methyl/N-ethyl adjacent to an activating group) is 2. The zero-order valence-corrected chi connectivity index (χ0v) is 12.8. The van der Waals surface area contributed by atoms with Crippen LogP contribution in [0.15, 0.2) is 24.3 Å². The van der Waals surface area contributed by atoms with Crippen LogP contribution in [0.2, 0.25) is 0 Å². The van der Waals surface area contributed by atoms with Gasteiger partial charge in [-0.3, -0.25) is 9.80 Å². The summed E-state index contributed by atoms with van der Waals surface area (Å²) in [6.07, 6.45) is 0.326. The zero-order valence-electron chi connectivity index (χ0n) is 12.8. The van der Waals surface area contributed by atoms with E-state index in [0.29, 0.717) is 6.10 Å². The number of rotatable bonds is 6. The molecular weight excluding hydrogens is 252 g/mol. The van der Waals surface area contributed by atoms with Gasteiger partial charge in [0.05, 0.1) is 19.8 Å². The summed E-state index contributed by atoms with van der Waals surface area (Å²) < 4.78 is 11.0. The van der Waals surface area contributed by atoms with Crippen molar-refractivity contribution in [3.05, 3.63) is 29.8 Å². The molecule has 1 aromatic rings. The molecule has 4 nitrogen and oxygen atoms in total. The van der Waals surface area contributed by atoms with Crippen molar-refractivity contribution in [3.63, 3.8) is 0 Å². The molecule has 20 heavy (non-hydrogen) atoms. The topological polar surface area (TPSA) is 24.9 Å². The van der Waals surface area contributed by atoms with E-state index in [1.807, 2.05) is 12.1 Å². The third-order valence-electron chi connectivity index (χ3n) is 3.80. The Morgan fingerprint density at radius 3 is 2.75 bits per heavy atom. The molecule has 1 aliphatic rings. The van der Waals surface area contributed by atoms with E-state index in [1.54, 1.807) is 7.11 Å². The monoisotopic (exact) mass is 278 g/mol. The van der Waals surface area contributed by atoms with Crippen LogP contribution in [0, 0.1) is 0 Å². The first kappa shape index (κ1) is 15.3. The number of nitrogens with zero attached hydrogens (tertiary/aromatic N) is 2. The minimum atomic E-state index is 0.326. The molecule has 1 heterocycles. The molecule has 1 aromatic carbocycles. The number of ether oxygens (including phenoxy) is 2. The van der Waals surface area contributed by atoms with E-state index in [0.717, 1.165) is 45.1 Å². The van der Waals surface area contributed by atoms with Crippen molar-refractivity contribution in [2.45, 2.75) is 19.6 Å². The highest BCUT2D eigenvalue weighted by atomic mass is 16.5. The van der Waals surface area contributed by atoms with Crippen LogP contribution < -0.4 is 4.74 Å². The number of morpholine rings is 1. The van der Waals surface area contributed by atoms with Gasteiger partial charge in [-0.2, -0.15) is 0 Å². The average molecular weight is 278 g/mol. The van der Waals surface area contributed by atoms with E-state index >= 15 is 0 Å². The number of methoxy groups -OCH3 is 1. The lowest BCUT2D eigenvalue weighted by atomic mass is 10.2. The van der Waals surface area contributed by atoms with Gasteiger partial charge in [0.2, 0.25) is 0 Å². The van der Waals surface area contributed by atoms with Crippen molar-refractivity contribution in [3.8, 4) is 5.75 Å². The Balaban J connectivity index is 1.80. The highest BCUT2D eigenvalue weighted by Crippen LogP contribution is 2.13.